The maximum Gasteiger partial charge on any atom is 0.124 e. The fourth-order valence-corrected chi connectivity index (χ4v) is 2.00. The van der Waals surface area contributed by atoms with Crippen LogP contribution in [0.5, 0.6) is 0 Å². The van der Waals surface area contributed by atoms with E-state index in [-0.39, 0.29) is 0 Å². The van der Waals surface area contributed by atoms with Gasteiger partial charge in [0.05, 0.1) is 6.20 Å². The van der Waals surface area contributed by atoms with Crippen molar-refractivity contribution in [1.82, 2.24) is 9.78 Å². The lowest BCUT2D eigenvalue weighted by atomic mass is 10.1. The predicted octanol–water partition coefficient (Wildman–Crippen LogP) is 2.13. The van der Waals surface area contributed by atoms with E-state index in [4.69, 9.17) is 4.74 Å². The number of hydrogen-bond acceptors (Lipinski definition) is 3. The highest BCUT2D eigenvalue weighted by atomic mass is 16.5. The molecule has 1 N–H and O–H groups in total. The molecule has 1 saturated heterocycles. The Hall–Kier alpha value is -1.03. The summed E-state index contributed by atoms with van der Waals surface area (Å²) in [5, 5.41) is 7.90. The third-order valence-corrected chi connectivity index (χ3v) is 2.83. The molecule has 2 rings (SSSR count). The molecule has 0 amide bonds. The highest BCUT2D eigenvalue weighted by molar-refractivity contribution is 5.35. The van der Waals surface area contributed by atoms with E-state index in [1.165, 1.54) is 0 Å². The van der Waals surface area contributed by atoms with E-state index in [1.807, 2.05) is 6.20 Å². The van der Waals surface area contributed by atoms with Crippen LogP contribution in [-0.4, -0.2) is 29.0 Å². The standard InChI is InChI=1S/C12H21N3O/c1-10(2)9-15-12(3-6-13-15)14-11-4-7-16-8-5-11/h3,6,10-11,14H,4-5,7-9H2,1-2H3. The Balaban J connectivity index is 1.94. The van der Waals surface area contributed by atoms with Crippen molar-refractivity contribution in [1.29, 1.82) is 0 Å². The van der Waals surface area contributed by atoms with Gasteiger partial charge < -0.3 is 10.1 Å². The molecule has 0 aromatic carbocycles. The van der Waals surface area contributed by atoms with E-state index in [0.29, 0.717) is 12.0 Å². The SMILES string of the molecule is CC(C)Cn1nccc1NC1CCOCC1. The maximum atomic E-state index is 5.35. The quantitative estimate of drug-likeness (QED) is 0.850. The Bertz CT molecular complexity index is 316. The molecule has 0 aliphatic carbocycles. The lowest BCUT2D eigenvalue weighted by Gasteiger charge is -2.24. The normalized spacial score (nSPS) is 17.9. The number of nitrogens with zero attached hydrogens (tertiary/aromatic N) is 2. The first-order valence-corrected chi connectivity index (χ1v) is 6.12. The van der Waals surface area contributed by atoms with Crippen molar-refractivity contribution in [3.05, 3.63) is 12.3 Å². The van der Waals surface area contributed by atoms with E-state index in [9.17, 15) is 0 Å². The Morgan fingerprint density at radius 3 is 2.94 bits per heavy atom. The Labute approximate surface area is 97.0 Å². The summed E-state index contributed by atoms with van der Waals surface area (Å²) in [6, 6.07) is 2.59. The van der Waals surface area contributed by atoms with Gasteiger partial charge in [0, 0.05) is 31.9 Å². The Morgan fingerprint density at radius 2 is 2.25 bits per heavy atom. The zero-order valence-corrected chi connectivity index (χ0v) is 10.1. The Kier molecular flexibility index (Phi) is 3.83. The molecule has 1 fully saturated rings. The molecule has 4 heteroatoms. The fraction of sp³-hybridized carbons (Fsp3) is 0.750. The zero-order chi connectivity index (χ0) is 11.4. The van der Waals surface area contributed by atoms with Crippen LogP contribution in [0.3, 0.4) is 0 Å². The van der Waals surface area contributed by atoms with Crippen LogP contribution in [0.2, 0.25) is 0 Å². The van der Waals surface area contributed by atoms with Crippen LogP contribution >= 0.6 is 0 Å². The van der Waals surface area contributed by atoms with Crippen molar-refractivity contribution in [2.24, 2.45) is 5.92 Å². The van der Waals surface area contributed by atoms with Gasteiger partial charge >= 0.3 is 0 Å². The number of anilines is 1. The third kappa shape index (κ3) is 2.98. The molecule has 1 aliphatic heterocycles. The second-order valence-electron chi connectivity index (χ2n) is 4.82. The minimum atomic E-state index is 0.538. The molecule has 4 nitrogen and oxygen atoms in total. The van der Waals surface area contributed by atoms with Gasteiger partial charge in [-0.15, -0.1) is 0 Å². The van der Waals surface area contributed by atoms with E-state index < -0.39 is 0 Å². The van der Waals surface area contributed by atoms with Crippen LogP contribution in [0.1, 0.15) is 26.7 Å². The van der Waals surface area contributed by atoms with Gasteiger partial charge in [-0.05, 0) is 18.8 Å². The fourth-order valence-electron chi connectivity index (χ4n) is 2.00. The molecule has 0 saturated carbocycles. The lowest BCUT2D eigenvalue weighted by molar-refractivity contribution is 0.0903. The van der Waals surface area contributed by atoms with Crippen molar-refractivity contribution in [2.75, 3.05) is 18.5 Å². The minimum Gasteiger partial charge on any atom is -0.381 e. The van der Waals surface area contributed by atoms with Crippen LogP contribution in [-0.2, 0) is 11.3 Å². The molecule has 16 heavy (non-hydrogen) atoms. The van der Waals surface area contributed by atoms with E-state index >= 15 is 0 Å². The summed E-state index contributed by atoms with van der Waals surface area (Å²) in [5.74, 6) is 1.76. The first-order chi connectivity index (χ1) is 7.75. The summed E-state index contributed by atoms with van der Waals surface area (Å²) in [6.45, 7) is 7.13. The predicted molar refractivity (Wildman–Crippen MR) is 64.5 cm³/mol. The van der Waals surface area contributed by atoms with Crippen molar-refractivity contribution in [3.8, 4) is 0 Å². The van der Waals surface area contributed by atoms with Gasteiger partial charge in [-0.3, -0.25) is 0 Å². The third-order valence-electron chi connectivity index (χ3n) is 2.83. The molecular weight excluding hydrogens is 202 g/mol. The molecule has 1 aliphatic rings. The number of rotatable bonds is 4. The van der Waals surface area contributed by atoms with Crippen molar-refractivity contribution >= 4 is 5.82 Å². The second-order valence-corrected chi connectivity index (χ2v) is 4.82. The van der Waals surface area contributed by atoms with Crippen LogP contribution in [0.25, 0.3) is 0 Å². The van der Waals surface area contributed by atoms with Crippen molar-refractivity contribution < 1.29 is 4.74 Å². The number of hydrogen-bond donors (Lipinski definition) is 1. The van der Waals surface area contributed by atoms with Gasteiger partial charge in [-0.2, -0.15) is 5.10 Å². The summed E-state index contributed by atoms with van der Waals surface area (Å²) in [4.78, 5) is 0. The molecule has 90 valence electrons. The molecular formula is C12H21N3O. The van der Waals surface area contributed by atoms with Crippen LogP contribution < -0.4 is 5.32 Å². The van der Waals surface area contributed by atoms with Gasteiger partial charge in [0.25, 0.3) is 0 Å². The van der Waals surface area contributed by atoms with Gasteiger partial charge in [0.2, 0.25) is 0 Å². The minimum absolute atomic E-state index is 0.538. The lowest BCUT2D eigenvalue weighted by Crippen LogP contribution is -2.29. The van der Waals surface area contributed by atoms with E-state index in [1.54, 1.807) is 0 Å². The van der Waals surface area contributed by atoms with Crippen molar-refractivity contribution in [3.63, 3.8) is 0 Å². The molecule has 1 aromatic heterocycles. The second kappa shape index (κ2) is 5.34. The average Bonchev–Trinajstić information content (AvgIpc) is 2.66. The summed E-state index contributed by atoms with van der Waals surface area (Å²) in [6.07, 6.45) is 4.05. The highest BCUT2D eigenvalue weighted by Gasteiger charge is 2.15. The highest BCUT2D eigenvalue weighted by Crippen LogP contribution is 2.15. The molecule has 0 radical (unpaired) electrons. The smallest absolute Gasteiger partial charge is 0.124 e. The van der Waals surface area contributed by atoms with Gasteiger partial charge in [0.1, 0.15) is 5.82 Å². The first-order valence-electron chi connectivity index (χ1n) is 6.12. The Morgan fingerprint density at radius 1 is 1.50 bits per heavy atom. The van der Waals surface area contributed by atoms with Crippen LogP contribution in [0, 0.1) is 5.92 Å². The monoisotopic (exact) mass is 223 g/mol. The molecule has 0 atom stereocenters. The summed E-state index contributed by atoms with van der Waals surface area (Å²) in [7, 11) is 0. The van der Waals surface area contributed by atoms with Crippen molar-refractivity contribution in [2.45, 2.75) is 39.3 Å². The number of nitrogens with one attached hydrogen (secondary N) is 1. The molecule has 0 bridgehead atoms. The van der Waals surface area contributed by atoms with E-state index in [2.05, 4.69) is 35.0 Å². The summed E-state index contributed by atoms with van der Waals surface area (Å²) in [5.41, 5.74) is 0. The van der Waals surface area contributed by atoms with Crippen LogP contribution in [0.4, 0.5) is 5.82 Å². The largest absolute Gasteiger partial charge is 0.381 e. The van der Waals surface area contributed by atoms with Gasteiger partial charge in [0.15, 0.2) is 0 Å². The summed E-state index contributed by atoms with van der Waals surface area (Å²) < 4.78 is 7.41. The number of aromatic nitrogens is 2. The molecule has 0 unspecified atom stereocenters. The maximum absolute atomic E-state index is 5.35. The average molecular weight is 223 g/mol. The molecule has 1 aromatic rings. The number of ether oxygens (including phenoxy) is 1. The van der Waals surface area contributed by atoms with Crippen LogP contribution in [0.15, 0.2) is 12.3 Å². The first kappa shape index (κ1) is 11.5. The van der Waals surface area contributed by atoms with Gasteiger partial charge in [-0.1, -0.05) is 13.8 Å². The summed E-state index contributed by atoms with van der Waals surface area (Å²) >= 11 is 0. The van der Waals surface area contributed by atoms with E-state index in [0.717, 1.165) is 38.4 Å². The molecule has 2 heterocycles. The zero-order valence-electron chi connectivity index (χ0n) is 10.1. The molecule has 0 spiro atoms. The topological polar surface area (TPSA) is 39.1 Å². The van der Waals surface area contributed by atoms with Gasteiger partial charge in [-0.25, -0.2) is 4.68 Å².